The lowest BCUT2D eigenvalue weighted by Crippen LogP contribution is -2.41. The van der Waals surface area contributed by atoms with E-state index in [4.69, 9.17) is 9.63 Å². The largest absolute Gasteiger partial charge is 0.480 e. The van der Waals surface area contributed by atoms with Crippen LogP contribution in [0.25, 0.3) is 0 Å². The lowest BCUT2D eigenvalue weighted by atomic mass is 10.2. The standard InChI is InChI=1S/C10H14N2O4/c1-3-7(2)12(6-9(13)14)10(15)8-4-5-11-16-8/h4-5,7H,3,6H2,1-2H3,(H,13,14). The molecule has 1 aromatic rings. The second-order valence-corrected chi connectivity index (χ2v) is 3.46. The summed E-state index contributed by atoms with van der Waals surface area (Å²) in [6.45, 7) is 3.33. The van der Waals surface area contributed by atoms with Gasteiger partial charge in [-0.1, -0.05) is 12.1 Å². The van der Waals surface area contributed by atoms with Crippen LogP contribution >= 0.6 is 0 Å². The van der Waals surface area contributed by atoms with Crippen molar-refractivity contribution in [2.75, 3.05) is 6.54 Å². The van der Waals surface area contributed by atoms with Gasteiger partial charge in [0.15, 0.2) is 0 Å². The molecule has 0 bridgehead atoms. The quantitative estimate of drug-likeness (QED) is 0.809. The monoisotopic (exact) mass is 226 g/mol. The highest BCUT2D eigenvalue weighted by molar-refractivity contribution is 5.93. The van der Waals surface area contributed by atoms with Gasteiger partial charge in [0.1, 0.15) is 6.54 Å². The maximum atomic E-state index is 11.9. The number of hydrogen-bond acceptors (Lipinski definition) is 4. The summed E-state index contributed by atoms with van der Waals surface area (Å²) in [4.78, 5) is 23.8. The Kier molecular flexibility index (Phi) is 4.04. The van der Waals surface area contributed by atoms with Crippen LogP contribution in [0.5, 0.6) is 0 Å². The Morgan fingerprint density at radius 3 is 2.75 bits per heavy atom. The third-order valence-electron chi connectivity index (χ3n) is 2.34. The molecule has 0 fully saturated rings. The molecule has 1 amide bonds. The Bertz CT molecular complexity index is 361. The molecule has 0 aliphatic heterocycles. The van der Waals surface area contributed by atoms with Crippen molar-refractivity contribution in [1.82, 2.24) is 10.1 Å². The predicted molar refractivity (Wildman–Crippen MR) is 54.9 cm³/mol. The summed E-state index contributed by atoms with van der Waals surface area (Å²) in [6.07, 6.45) is 2.02. The summed E-state index contributed by atoms with van der Waals surface area (Å²) in [7, 11) is 0. The van der Waals surface area contributed by atoms with E-state index in [0.717, 1.165) is 0 Å². The van der Waals surface area contributed by atoms with E-state index in [-0.39, 0.29) is 18.3 Å². The topological polar surface area (TPSA) is 83.6 Å². The van der Waals surface area contributed by atoms with Crippen molar-refractivity contribution in [3.8, 4) is 0 Å². The van der Waals surface area contributed by atoms with Gasteiger partial charge >= 0.3 is 5.97 Å². The zero-order valence-electron chi connectivity index (χ0n) is 9.21. The van der Waals surface area contributed by atoms with Crippen molar-refractivity contribution in [2.45, 2.75) is 26.3 Å². The molecule has 0 saturated carbocycles. The second-order valence-electron chi connectivity index (χ2n) is 3.46. The summed E-state index contributed by atoms with van der Waals surface area (Å²) < 4.78 is 4.72. The van der Waals surface area contributed by atoms with Crippen LogP contribution in [0.3, 0.4) is 0 Å². The number of rotatable bonds is 5. The molecule has 0 aliphatic rings. The summed E-state index contributed by atoms with van der Waals surface area (Å²) in [5.74, 6) is -1.44. The van der Waals surface area contributed by atoms with Crippen LogP contribution in [0.15, 0.2) is 16.8 Å². The van der Waals surface area contributed by atoms with Crippen molar-refractivity contribution >= 4 is 11.9 Å². The molecule has 6 heteroatoms. The van der Waals surface area contributed by atoms with Gasteiger partial charge in [0.05, 0.1) is 6.20 Å². The van der Waals surface area contributed by atoms with Crippen LogP contribution in [0, 0.1) is 0 Å². The van der Waals surface area contributed by atoms with E-state index in [1.165, 1.54) is 17.2 Å². The Hall–Kier alpha value is -1.85. The van der Waals surface area contributed by atoms with Gasteiger partial charge in [0.25, 0.3) is 5.91 Å². The molecule has 1 aromatic heterocycles. The smallest absolute Gasteiger partial charge is 0.323 e. The van der Waals surface area contributed by atoms with E-state index >= 15 is 0 Å². The van der Waals surface area contributed by atoms with E-state index in [0.29, 0.717) is 6.42 Å². The molecule has 0 aliphatic carbocycles. The lowest BCUT2D eigenvalue weighted by Gasteiger charge is -2.25. The summed E-state index contributed by atoms with van der Waals surface area (Å²) in [5, 5.41) is 12.2. The second kappa shape index (κ2) is 5.29. The van der Waals surface area contributed by atoms with Crippen molar-refractivity contribution < 1.29 is 19.2 Å². The van der Waals surface area contributed by atoms with Crippen LogP contribution in [0.4, 0.5) is 0 Å². The molecule has 1 atom stereocenters. The van der Waals surface area contributed by atoms with E-state index in [1.807, 2.05) is 6.92 Å². The van der Waals surface area contributed by atoms with Gasteiger partial charge < -0.3 is 14.5 Å². The summed E-state index contributed by atoms with van der Waals surface area (Å²) in [5.41, 5.74) is 0. The van der Waals surface area contributed by atoms with Crippen LogP contribution in [-0.4, -0.2) is 39.6 Å². The zero-order valence-corrected chi connectivity index (χ0v) is 9.21. The minimum atomic E-state index is -1.05. The summed E-state index contributed by atoms with van der Waals surface area (Å²) in [6, 6.07) is 1.26. The number of nitrogens with zero attached hydrogens (tertiary/aromatic N) is 2. The van der Waals surface area contributed by atoms with Crippen molar-refractivity contribution in [1.29, 1.82) is 0 Å². The van der Waals surface area contributed by atoms with Crippen molar-refractivity contribution in [3.05, 3.63) is 18.0 Å². The minimum absolute atomic E-state index is 0.0570. The average Bonchev–Trinajstić information content (AvgIpc) is 2.77. The molecule has 0 radical (unpaired) electrons. The first-order valence-corrected chi connectivity index (χ1v) is 4.99. The Balaban J connectivity index is 2.84. The van der Waals surface area contributed by atoms with E-state index in [1.54, 1.807) is 6.92 Å². The van der Waals surface area contributed by atoms with Crippen molar-refractivity contribution in [2.24, 2.45) is 0 Å². The van der Waals surface area contributed by atoms with E-state index in [2.05, 4.69) is 5.16 Å². The highest BCUT2D eigenvalue weighted by Crippen LogP contribution is 2.09. The lowest BCUT2D eigenvalue weighted by molar-refractivity contribution is -0.138. The first-order chi connectivity index (χ1) is 7.56. The van der Waals surface area contributed by atoms with Gasteiger partial charge in [-0.2, -0.15) is 0 Å². The Morgan fingerprint density at radius 2 is 2.31 bits per heavy atom. The third kappa shape index (κ3) is 2.82. The van der Waals surface area contributed by atoms with Crippen molar-refractivity contribution in [3.63, 3.8) is 0 Å². The molecular formula is C10H14N2O4. The Labute approximate surface area is 92.8 Å². The molecule has 6 nitrogen and oxygen atoms in total. The van der Waals surface area contributed by atoms with Gasteiger partial charge in [-0.25, -0.2) is 0 Å². The normalized spacial score (nSPS) is 12.1. The molecule has 1 heterocycles. The molecule has 88 valence electrons. The van der Waals surface area contributed by atoms with Crippen LogP contribution in [0.2, 0.25) is 0 Å². The SMILES string of the molecule is CCC(C)N(CC(=O)O)C(=O)c1ccno1. The van der Waals surface area contributed by atoms with Gasteiger partial charge in [0, 0.05) is 12.1 Å². The number of carbonyl (C=O) groups is 2. The molecule has 1 unspecified atom stereocenters. The molecule has 1 N–H and O–H groups in total. The van der Waals surface area contributed by atoms with Crippen LogP contribution in [-0.2, 0) is 4.79 Å². The first-order valence-electron chi connectivity index (χ1n) is 4.99. The number of carboxylic acid groups (broad SMARTS) is 1. The van der Waals surface area contributed by atoms with Gasteiger partial charge in [-0.3, -0.25) is 9.59 Å². The third-order valence-corrected chi connectivity index (χ3v) is 2.34. The fraction of sp³-hybridized carbons (Fsp3) is 0.500. The van der Waals surface area contributed by atoms with Gasteiger partial charge in [0.2, 0.25) is 5.76 Å². The molecule has 0 spiro atoms. The van der Waals surface area contributed by atoms with E-state index in [9.17, 15) is 9.59 Å². The maximum Gasteiger partial charge on any atom is 0.323 e. The fourth-order valence-electron chi connectivity index (χ4n) is 1.26. The molecule has 0 saturated heterocycles. The Morgan fingerprint density at radius 1 is 1.62 bits per heavy atom. The van der Waals surface area contributed by atoms with Crippen LogP contribution in [0.1, 0.15) is 30.8 Å². The fourth-order valence-corrected chi connectivity index (χ4v) is 1.26. The summed E-state index contributed by atoms with van der Waals surface area (Å²) >= 11 is 0. The maximum absolute atomic E-state index is 11.9. The molecular weight excluding hydrogens is 212 g/mol. The molecule has 1 rings (SSSR count). The number of aromatic nitrogens is 1. The molecule has 16 heavy (non-hydrogen) atoms. The zero-order chi connectivity index (χ0) is 12.1. The van der Waals surface area contributed by atoms with Crippen LogP contribution < -0.4 is 0 Å². The van der Waals surface area contributed by atoms with Gasteiger partial charge in [-0.15, -0.1) is 0 Å². The highest BCUT2D eigenvalue weighted by Gasteiger charge is 2.24. The van der Waals surface area contributed by atoms with Gasteiger partial charge in [-0.05, 0) is 13.3 Å². The van der Waals surface area contributed by atoms with E-state index < -0.39 is 11.9 Å². The average molecular weight is 226 g/mol. The number of aliphatic carboxylic acids is 1. The predicted octanol–water partition coefficient (Wildman–Crippen LogP) is 1.000. The number of carbonyl (C=O) groups excluding carboxylic acids is 1. The highest BCUT2D eigenvalue weighted by atomic mass is 16.5. The molecule has 0 aromatic carbocycles. The minimum Gasteiger partial charge on any atom is -0.480 e. The number of carboxylic acids is 1. The first kappa shape index (κ1) is 12.2. The number of hydrogen-bond donors (Lipinski definition) is 1. The number of amides is 1.